The Morgan fingerprint density at radius 1 is 1.64 bits per heavy atom. The number of hydrogen-bond acceptors (Lipinski definition) is 3. The SMILES string of the molecule is CCCC1CCN(CC(C)(N)C#N)C1. The summed E-state index contributed by atoms with van der Waals surface area (Å²) in [6.45, 7) is 6.98. The molecule has 0 aliphatic carbocycles. The van der Waals surface area contributed by atoms with Crippen LogP contribution in [0.15, 0.2) is 0 Å². The van der Waals surface area contributed by atoms with Crippen LogP contribution in [0.4, 0.5) is 0 Å². The largest absolute Gasteiger partial charge is 0.313 e. The van der Waals surface area contributed by atoms with Crippen LogP contribution in [0.1, 0.15) is 33.1 Å². The third-order valence-corrected chi connectivity index (χ3v) is 2.87. The third-order valence-electron chi connectivity index (χ3n) is 2.87. The molecule has 1 rings (SSSR count). The van der Waals surface area contributed by atoms with E-state index in [2.05, 4.69) is 17.9 Å². The quantitative estimate of drug-likeness (QED) is 0.736. The van der Waals surface area contributed by atoms with Gasteiger partial charge in [-0.25, -0.2) is 0 Å². The van der Waals surface area contributed by atoms with E-state index in [1.54, 1.807) is 6.92 Å². The van der Waals surface area contributed by atoms with Gasteiger partial charge in [-0.3, -0.25) is 0 Å². The maximum Gasteiger partial charge on any atom is 0.114 e. The summed E-state index contributed by atoms with van der Waals surface area (Å²) in [6.07, 6.45) is 3.84. The maximum atomic E-state index is 8.82. The second kappa shape index (κ2) is 4.77. The van der Waals surface area contributed by atoms with E-state index in [4.69, 9.17) is 11.0 Å². The Kier molecular flexibility index (Phi) is 3.91. The molecule has 0 saturated carbocycles. The highest BCUT2D eigenvalue weighted by atomic mass is 15.2. The van der Waals surface area contributed by atoms with Gasteiger partial charge >= 0.3 is 0 Å². The zero-order valence-corrected chi connectivity index (χ0v) is 9.29. The summed E-state index contributed by atoms with van der Waals surface area (Å²) >= 11 is 0. The number of nitriles is 1. The Labute approximate surface area is 86.9 Å². The first-order valence-corrected chi connectivity index (χ1v) is 5.50. The molecular weight excluding hydrogens is 174 g/mol. The van der Waals surface area contributed by atoms with E-state index in [1.807, 2.05) is 0 Å². The van der Waals surface area contributed by atoms with Gasteiger partial charge in [-0.2, -0.15) is 5.26 Å². The van der Waals surface area contributed by atoms with Crippen LogP contribution in [0.25, 0.3) is 0 Å². The van der Waals surface area contributed by atoms with Crippen LogP contribution in [0.3, 0.4) is 0 Å². The standard InChI is InChI=1S/C11H21N3/c1-3-4-10-5-6-14(7-10)9-11(2,13)8-12/h10H,3-7,9,13H2,1-2H3. The molecule has 1 aliphatic rings. The molecule has 2 N–H and O–H groups in total. The lowest BCUT2D eigenvalue weighted by Gasteiger charge is -2.23. The lowest BCUT2D eigenvalue weighted by Crippen LogP contribution is -2.46. The van der Waals surface area contributed by atoms with E-state index in [0.29, 0.717) is 6.54 Å². The van der Waals surface area contributed by atoms with Crippen LogP contribution in [0.5, 0.6) is 0 Å². The second-order valence-corrected chi connectivity index (χ2v) is 4.71. The lowest BCUT2D eigenvalue weighted by atomic mass is 10.0. The number of nitrogens with zero attached hydrogens (tertiary/aromatic N) is 2. The number of hydrogen-bond donors (Lipinski definition) is 1. The van der Waals surface area contributed by atoms with E-state index >= 15 is 0 Å². The van der Waals surface area contributed by atoms with E-state index in [-0.39, 0.29) is 0 Å². The molecule has 0 radical (unpaired) electrons. The first kappa shape index (κ1) is 11.5. The smallest absolute Gasteiger partial charge is 0.114 e. The fourth-order valence-corrected chi connectivity index (χ4v) is 2.20. The van der Waals surface area contributed by atoms with Crippen LogP contribution in [0, 0.1) is 17.2 Å². The Hall–Kier alpha value is -0.590. The molecule has 1 aliphatic heterocycles. The van der Waals surface area contributed by atoms with Gasteiger partial charge in [0.15, 0.2) is 0 Å². The molecule has 1 heterocycles. The van der Waals surface area contributed by atoms with Gasteiger partial charge in [0.1, 0.15) is 5.54 Å². The van der Waals surface area contributed by atoms with Crippen LogP contribution >= 0.6 is 0 Å². The van der Waals surface area contributed by atoms with Crippen molar-refractivity contribution in [3.63, 3.8) is 0 Å². The second-order valence-electron chi connectivity index (χ2n) is 4.71. The Morgan fingerprint density at radius 3 is 2.93 bits per heavy atom. The summed E-state index contributed by atoms with van der Waals surface area (Å²) < 4.78 is 0. The molecule has 2 unspecified atom stereocenters. The zero-order valence-electron chi connectivity index (χ0n) is 9.29. The summed E-state index contributed by atoms with van der Waals surface area (Å²) in [4.78, 5) is 2.32. The minimum absolute atomic E-state index is 0.679. The molecular formula is C11H21N3. The molecule has 3 heteroatoms. The molecule has 0 amide bonds. The molecule has 0 spiro atoms. The van der Waals surface area contributed by atoms with Gasteiger partial charge in [-0.15, -0.1) is 0 Å². The molecule has 1 saturated heterocycles. The van der Waals surface area contributed by atoms with Crippen molar-refractivity contribution in [3.8, 4) is 6.07 Å². The molecule has 2 atom stereocenters. The normalized spacial score (nSPS) is 27.1. The molecule has 0 bridgehead atoms. The minimum Gasteiger partial charge on any atom is -0.313 e. The highest BCUT2D eigenvalue weighted by Crippen LogP contribution is 2.21. The summed E-state index contributed by atoms with van der Waals surface area (Å²) in [5, 5.41) is 8.82. The predicted molar refractivity (Wildman–Crippen MR) is 57.7 cm³/mol. The average Bonchev–Trinajstić information content (AvgIpc) is 2.53. The van der Waals surface area contributed by atoms with Gasteiger partial charge in [0, 0.05) is 13.1 Å². The third kappa shape index (κ3) is 3.28. The van der Waals surface area contributed by atoms with Crippen molar-refractivity contribution >= 4 is 0 Å². The maximum absolute atomic E-state index is 8.82. The van der Waals surface area contributed by atoms with E-state index in [9.17, 15) is 0 Å². The number of nitrogens with two attached hydrogens (primary N) is 1. The van der Waals surface area contributed by atoms with Crippen molar-refractivity contribution in [2.45, 2.75) is 38.6 Å². The highest BCUT2D eigenvalue weighted by Gasteiger charge is 2.27. The van der Waals surface area contributed by atoms with Crippen molar-refractivity contribution in [2.24, 2.45) is 11.7 Å². The summed E-state index contributed by atoms with van der Waals surface area (Å²) in [7, 11) is 0. The van der Waals surface area contributed by atoms with Crippen molar-refractivity contribution < 1.29 is 0 Å². The average molecular weight is 195 g/mol. The molecule has 0 aromatic rings. The Morgan fingerprint density at radius 2 is 2.36 bits per heavy atom. The van der Waals surface area contributed by atoms with Gasteiger partial charge in [0.25, 0.3) is 0 Å². The number of likely N-dealkylation sites (tertiary alicyclic amines) is 1. The van der Waals surface area contributed by atoms with Gasteiger partial charge in [-0.05, 0) is 32.2 Å². The van der Waals surface area contributed by atoms with E-state index in [1.165, 1.54) is 19.3 Å². The number of rotatable bonds is 4. The topological polar surface area (TPSA) is 53.0 Å². The first-order chi connectivity index (χ1) is 6.57. The predicted octanol–water partition coefficient (Wildman–Crippen LogP) is 1.35. The fraction of sp³-hybridized carbons (Fsp3) is 0.909. The van der Waals surface area contributed by atoms with Gasteiger partial charge in [-0.1, -0.05) is 13.3 Å². The van der Waals surface area contributed by atoms with Crippen LogP contribution in [0.2, 0.25) is 0 Å². The van der Waals surface area contributed by atoms with E-state index < -0.39 is 5.54 Å². The molecule has 0 aromatic heterocycles. The van der Waals surface area contributed by atoms with Gasteiger partial charge in [0.2, 0.25) is 0 Å². The molecule has 0 aromatic carbocycles. The van der Waals surface area contributed by atoms with Crippen LogP contribution < -0.4 is 5.73 Å². The summed E-state index contributed by atoms with van der Waals surface area (Å²) in [5.41, 5.74) is 5.13. The van der Waals surface area contributed by atoms with Crippen LogP contribution in [-0.4, -0.2) is 30.1 Å². The first-order valence-electron chi connectivity index (χ1n) is 5.50. The minimum atomic E-state index is -0.679. The molecule has 1 fully saturated rings. The summed E-state index contributed by atoms with van der Waals surface area (Å²) in [6, 6.07) is 2.15. The Bertz CT molecular complexity index is 217. The lowest BCUT2D eigenvalue weighted by molar-refractivity contribution is 0.279. The zero-order chi connectivity index (χ0) is 10.6. The van der Waals surface area contributed by atoms with Gasteiger partial charge < -0.3 is 10.6 Å². The molecule has 3 nitrogen and oxygen atoms in total. The van der Waals surface area contributed by atoms with Crippen LogP contribution in [-0.2, 0) is 0 Å². The highest BCUT2D eigenvalue weighted by molar-refractivity contribution is 5.03. The van der Waals surface area contributed by atoms with Crippen molar-refractivity contribution in [1.82, 2.24) is 4.90 Å². The van der Waals surface area contributed by atoms with Crippen molar-refractivity contribution in [1.29, 1.82) is 5.26 Å². The molecule has 14 heavy (non-hydrogen) atoms. The summed E-state index contributed by atoms with van der Waals surface area (Å²) in [5.74, 6) is 0.828. The fourth-order valence-electron chi connectivity index (χ4n) is 2.20. The monoisotopic (exact) mass is 195 g/mol. The van der Waals surface area contributed by atoms with Crippen molar-refractivity contribution in [3.05, 3.63) is 0 Å². The molecule has 80 valence electrons. The Balaban J connectivity index is 2.33. The van der Waals surface area contributed by atoms with Crippen molar-refractivity contribution in [2.75, 3.05) is 19.6 Å². The van der Waals surface area contributed by atoms with E-state index in [0.717, 1.165) is 19.0 Å². The van der Waals surface area contributed by atoms with Gasteiger partial charge in [0.05, 0.1) is 6.07 Å².